The standard InChI is InChI=1S/C9H15O2/c1-4-5-7(2)6-8(3)9(10)11/h6-7H,1,4-5H2,2-3H3,(H,10,11)/t7-/m1/s1. The summed E-state index contributed by atoms with van der Waals surface area (Å²) in [4.78, 5) is 10.4. The molecule has 0 heterocycles. The van der Waals surface area contributed by atoms with Gasteiger partial charge in [0.2, 0.25) is 0 Å². The van der Waals surface area contributed by atoms with Crippen molar-refractivity contribution in [2.75, 3.05) is 0 Å². The maximum absolute atomic E-state index is 10.4. The summed E-state index contributed by atoms with van der Waals surface area (Å²) in [5.41, 5.74) is 0.422. The lowest BCUT2D eigenvalue weighted by Gasteiger charge is -2.03. The summed E-state index contributed by atoms with van der Waals surface area (Å²) in [5, 5.41) is 8.52. The summed E-state index contributed by atoms with van der Waals surface area (Å²) >= 11 is 0. The Morgan fingerprint density at radius 2 is 2.27 bits per heavy atom. The van der Waals surface area contributed by atoms with E-state index in [0.29, 0.717) is 11.5 Å². The molecule has 2 heteroatoms. The van der Waals surface area contributed by atoms with Gasteiger partial charge in [0.1, 0.15) is 0 Å². The third kappa shape index (κ3) is 4.59. The fraction of sp³-hybridized carbons (Fsp3) is 0.556. The minimum atomic E-state index is -0.832. The average molecular weight is 155 g/mol. The highest BCUT2D eigenvalue weighted by molar-refractivity contribution is 5.85. The molecule has 1 N–H and O–H groups in total. The Kier molecular flexibility index (Phi) is 4.59. The van der Waals surface area contributed by atoms with E-state index in [4.69, 9.17) is 5.11 Å². The van der Waals surface area contributed by atoms with E-state index < -0.39 is 5.97 Å². The lowest BCUT2D eigenvalue weighted by molar-refractivity contribution is -0.132. The number of carbonyl (C=O) groups is 1. The molecule has 1 radical (unpaired) electrons. The molecule has 0 aromatic rings. The van der Waals surface area contributed by atoms with E-state index in [-0.39, 0.29) is 0 Å². The molecule has 0 saturated heterocycles. The Bertz CT molecular complexity index is 159. The SMILES string of the molecule is [CH2]CC[C@@H](C)C=C(C)C(=O)O. The quantitative estimate of drug-likeness (QED) is 0.632. The van der Waals surface area contributed by atoms with Crippen molar-refractivity contribution < 1.29 is 9.90 Å². The number of carboxylic acids is 1. The summed E-state index contributed by atoms with van der Waals surface area (Å²) in [7, 11) is 0. The molecule has 0 aromatic carbocycles. The Morgan fingerprint density at radius 1 is 1.73 bits per heavy atom. The number of rotatable bonds is 4. The Balaban J connectivity index is 3.96. The Hall–Kier alpha value is -0.790. The number of hydrogen-bond donors (Lipinski definition) is 1. The highest BCUT2D eigenvalue weighted by Gasteiger charge is 2.02. The van der Waals surface area contributed by atoms with Crippen LogP contribution in [0.5, 0.6) is 0 Å². The van der Waals surface area contributed by atoms with Gasteiger partial charge in [0.15, 0.2) is 0 Å². The van der Waals surface area contributed by atoms with Crippen LogP contribution >= 0.6 is 0 Å². The molecule has 0 aliphatic heterocycles. The number of hydrogen-bond acceptors (Lipinski definition) is 1. The van der Waals surface area contributed by atoms with Gasteiger partial charge in [0, 0.05) is 5.57 Å². The number of carboxylic acid groups (broad SMARTS) is 1. The van der Waals surface area contributed by atoms with Crippen LogP contribution in [0.15, 0.2) is 11.6 Å². The van der Waals surface area contributed by atoms with Gasteiger partial charge in [-0.05, 0) is 19.3 Å². The van der Waals surface area contributed by atoms with Crippen LogP contribution in [0.3, 0.4) is 0 Å². The van der Waals surface area contributed by atoms with Crippen LogP contribution in [0.1, 0.15) is 26.7 Å². The molecular weight excluding hydrogens is 140 g/mol. The van der Waals surface area contributed by atoms with Gasteiger partial charge >= 0.3 is 5.97 Å². The molecule has 0 saturated carbocycles. The monoisotopic (exact) mass is 155 g/mol. The third-order valence-corrected chi connectivity index (χ3v) is 1.53. The zero-order valence-corrected chi connectivity index (χ0v) is 7.13. The predicted molar refractivity (Wildman–Crippen MR) is 45.1 cm³/mol. The van der Waals surface area contributed by atoms with Crippen molar-refractivity contribution in [3.05, 3.63) is 18.6 Å². The second-order valence-electron chi connectivity index (χ2n) is 2.77. The van der Waals surface area contributed by atoms with Gasteiger partial charge in [-0.3, -0.25) is 0 Å². The van der Waals surface area contributed by atoms with E-state index in [9.17, 15) is 4.79 Å². The molecule has 0 aliphatic rings. The lowest BCUT2D eigenvalue weighted by atomic mass is 10.0. The highest BCUT2D eigenvalue weighted by atomic mass is 16.4. The topological polar surface area (TPSA) is 37.3 Å². The molecule has 0 fully saturated rings. The summed E-state index contributed by atoms with van der Waals surface area (Å²) in [6.45, 7) is 7.31. The van der Waals surface area contributed by atoms with E-state index in [2.05, 4.69) is 6.92 Å². The van der Waals surface area contributed by atoms with Crippen LogP contribution in [0.2, 0.25) is 0 Å². The molecule has 2 nitrogen and oxygen atoms in total. The normalized spacial score (nSPS) is 14.6. The molecular formula is C9H15O2. The summed E-state index contributed by atoms with van der Waals surface area (Å²) in [6, 6.07) is 0. The maximum atomic E-state index is 10.4. The van der Waals surface area contributed by atoms with E-state index in [1.807, 2.05) is 6.92 Å². The minimum Gasteiger partial charge on any atom is -0.478 e. The first-order chi connectivity index (χ1) is 5.07. The number of aliphatic carboxylic acids is 1. The lowest BCUT2D eigenvalue weighted by Crippen LogP contribution is -1.99. The third-order valence-electron chi connectivity index (χ3n) is 1.53. The van der Waals surface area contributed by atoms with E-state index in [0.717, 1.165) is 12.8 Å². The first-order valence-electron chi connectivity index (χ1n) is 3.79. The molecule has 11 heavy (non-hydrogen) atoms. The average Bonchev–Trinajstić information content (AvgIpc) is 1.87. The van der Waals surface area contributed by atoms with Gasteiger partial charge < -0.3 is 5.11 Å². The zero-order chi connectivity index (χ0) is 8.85. The van der Waals surface area contributed by atoms with E-state index in [1.165, 1.54) is 0 Å². The van der Waals surface area contributed by atoms with Gasteiger partial charge in [-0.25, -0.2) is 4.79 Å². The largest absolute Gasteiger partial charge is 0.478 e. The van der Waals surface area contributed by atoms with Crippen molar-refractivity contribution in [3.63, 3.8) is 0 Å². The first-order valence-corrected chi connectivity index (χ1v) is 3.79. The molecule has 63 valence electrons. The molecule has 1 atom stereocenters. The van der Waals surface area contributed by atoms with E-state index in [1.54, 1.807) is 13.0 Å². The van der Waals surface area contributed by atoms with Gasteiger partial charge in [0.05, 0.1) is 0 Å². The fourth-order valence-corrected chi connectivity index (χ4v) is 0.903. The molecule has 0 unspecified atom stereocenters. The second kappa shape index (κ2) is 4.94. The van der Waals surface area contributed by atoms with Crippen molar-refractivity contribution in [1.82, 2.24) is 0 Å². The molecule has 0 aliphatic carbocycles. The maximum Gasteiger partial charge on any atom is 0.330 e. The smallest absolute Gasteiger partial charge is 0.330 e. The minimum absolute atomic E-state index is 0.323. The number of allylic oxidation sites excluding steroid dienone is 1. The molecule has 0 amide bonds. The zero-order valence-electron chi connectivity index (χ0n) is 7.13. The fourth-order valence-electron chi connectivity index (χ4n) is 0.903. The van der Waals surface area contributed by atoms with E-state index >= 15 is 0 Å². The van der Waals surface area contributed by atoms with Crippen LogP contribution in [0.4, 0.5) is 0 Å². The van der Waals surface area contributed by atoms with Crippen molar-refractivity contribution in [1.29, 1.82) is 0 Å². The van der Waals surface area contributed by atoms with Crippen LogP contribution in [-0.2, 0) is 4.79 Å². The summed E-state index contributed by atoms with van der Waals surface area (Å²) in [5.74, 6) is -0.510. The van der Waals surface area contributed by atoms with Crippen molar-refractivity contribution in [3.8, 4) is 0 Å². The van der Waals surface area contributed by atoms with Crippen LogP contribution < -0.4 is 0 Å². The molecule has 0 spiro atoms. The van der Waals surface area contributed by atoms with Crippen LogP contribution in [0, 0.1) is 12.8 Å². The van der Waals surface area contributed by atoms with Crippen LogP contribution in [0.25, 0.3) is 0 Å². The van der Waals surface area contributed by atoms with Crippen LogP contribution in [-0.4, -0.2) is 11.1 Å². The molecule has 0 aromatic heterocycles. The van der Waals surface area contributed by atoms with Gasteiger partial charge in [0.25, 0.3) is 0 Å². The Morgan fingerprint density at radius 3 is 2.64 bits per heavy atom. The summed E-state index contributed by atoms with van der Waals surface area (Å²) in [6.07, 6.45) is 3.57. The molecule has 0 bridgehead atoms. The van der Waals surface area contributed by atoms with Gasteiger partial charge in [-0.2, -0.15) is 0 Å². The Labute approximate surface area is 67.9 Å². The highest BCUT2D eigenvalue weighted by Crippen LogP contribution is 2.09. The van der Waals surface area contributed by atoms with Gasteiger partial charge in [-0.15, -0.1) is 0 Å². The van der Waals surface area contributed by atoms with Gasteiger partial charge in [-0.1, -0.05) is 26.3 Å². The predicted octanol–water partition coefficient (Wildman–Crippen LogP) is 2.27. The summed E-state index contributed by atoms with van der Waals surface area (Å²) < 4.78 is 0. The molecule has 0 rings (SSSR count). The first kappa shape index (κ1) is 10.2. The van der Waals surface area contributed by atoms with Crippen molar-refractivity contribution >= 4 is 5.97 Å². The second-order valence-corrected chi connectivity index (χ2v) is 2.77. The van der Waals surface area contributed by atoms with Crippen molar-refractivity contribution in [2.24, 2.45) is 5.92 Å². The van der Waals surface area contributed by atoms with Crippen molar-refractivity contribution in [2.45, 2.75) is 26.7 Å².